The SMILES string of the molecule is O=C(O)CC(c1c(O)c(Br)cc(F)c1F)C1CC1. The minimum absolute atomic E-state index is 0.00444. The van der Waals surface area contributed by atoms with Gasteiger partial charge in [-0.05, 0) is 40.8 Å². The van der Waals surface area contributed by atoms with E-state index in [0.717, 1.165) is 18.9 Å². The fourth-order valence-electron chi connectivity index (χ4n) is 2.13. The molecule has 0 amide bonds. The summed E-state index contributed by atoms with van der Waals surface area (Å²) in [5, 5.41) is 18.6. The van der Waals surface area contributed by atoms with E-state index in [0.29, 0.717) is 0 Å². The Labute approximate surface area is 111 Å². The van der Waals surface area contributed by atoms with Crippen LogP contribution in [-0.4, -0.2) is 16.2 Å². The van der Waals surface area contributed by atoms with Gasteiger partial charge >= 0.3 is 5.97 Å². The van der Waals surface area contributed by atoms with E-state index >= 15 is 0 Å². The van der Waals surface area contributed by atoms with Gasteiger partial charge in [-0.25, -0.2) is 8.78 Å². The van der Waals surface area contributed by atoms with Crippen molar-refractivity contribution in [3.05, 3.63) is 27.7 Å². The first-order chi connectivity index (χ1) is 8.41. The molecule has 0 aliphatic heterocycles. The lowest BCUT2D eigenvalue weighted by molar-refractivity contribution is -0.137. The summed E-state index contributed by atoms with van der Waals surface area (Å²) in [7, 11) is 0. The van der Waals surface area contributed by atoms with Gasteiger partial charge < -0.3 is 10.2 Å². The maximum Gasteiger partial charge on any atom is 0.303 e. The zero-order valence-corrected chi connectivity index (χ0v) is 10.9. The lowest BCUT2D eigenvalue weighted by Crippen LogP contribution is -2.11. The van der Waals surface area contributed by atoms with Gasteiger partial charge in [0.15, 0.2) is 11.6 Å². The predicted molar refractivity (Wildman–Crippen MR) is 63.4 cm³/mol. The fraction of sp³-hybridized carbons (Fsp3) is 0.417. The highest BCUT2D eigenvalue weighted by Gasteiger charge is 2.38. The number of rotatable bonds is 4. The minimum Gasteiger partial charge on any atom is -0.506 e. The number of phenols is 1. The summed E-state index contributed by atoms with van der Waals surface area (Å²) in [5.74, 6) is -4.44. The van der Waals surface area contributed by atoms with E-state index in [2.05, 4.69) is 15.9 Å². The molecule has 0 aromatic heterocycles. The normalized spacial score (nSPS) is 16.6. The van der Waals surface area contributed by atoms with Crippen LogP contribution in [0.5, 0.6) is 5.75 Å². The van der Waals surface area contributed by atoms with Gasteiger partial charge in [-0.1, -0.05) is 0 Å². The van der Waals surface area contributed by atoms with E-state index < -0.39 is 29.3 Å². The van der Waals surface area contributed by atoms with Crippen LogP contribution in [0.25, 0.3) is 0 Å². The minimum atomic E-state index is -1.16. The molecule has 0 radical (unpaired) electrons. The average Bonchev–Trinajstić information content (AvgIpc) is 3.08. The van der Waals surface area contributed by atoms with E-state index in [-0.39, 0.29) is 22.4 Å². The zero-order chi connectivity index (χ0) is 13.4. The average molecular weight is 321 g/mol. The third-order valence-corrected chi connectivity index (χ3v) is 3.74. The highest BCUT2D eigenvalue weighted by atomic mass is 79.9. The van der Waals surface area contributed by atoms with Gasteiger partial charge in [-0.3, -0.25) is 4.79 Å². The second-order valence-electron chi connectivity index (χ2n) is 4.46. The summed E-state index contributed by atoms with van der Waals surface area (Å²) >= 11 is 2.93. The van der Waals surface area contributed by atoms with Crippen molar-refractivity contribution >= 4 is 21.9 Å². The van der Waals surface area contributed by atoms with Crippen molar-refractivity contribution in [2.45, 2.75) is 25.2 Å². The Morgan fingerprint density at radius 1 is 1.50 bits per heavy atom. The number of carboxylic acids is 1. The molecule has 1 aliphatic rings. The number of aliphatic carboxylic acids is 1. The molecule has 0 saturated heterocycles. The van der Waals surface area contributed by atoms with Crippen molar-refractivity contribution in [3.63, 3.8) is 0 Å². The summed E-state index contributed by atoms with van der Waals surface area (Å²) in [6.07, 6.45) is 1.22. The van der Waals surface area contributed by atoms with Crippen LogP contribution < -0.4 is 0 Å². The third-order valence-electron chi connectivity index (χ3n) is 3.14. The molecule has 1 atom stereocenters. The maximum absolute atomic E-state index is 13.8. The molecule has 98 valence electrons. The summed E-state index contributed by atoms with van der Waals surface area (Å²) in [6.45, 7) is 0. The van der Waals surface area contributed by atoms with Gasteiger partial charge in [0.05, 0.1) is 10.9 Å². The van der Waals surface area contributed by atoms with Crippen molar-refractivity contribution in [2.75, 3.05) is 0 Å². The van der Waals surface area contributed by atoms with Crippen LogP contribution in [0.1, 0.15) is 30.7 Å². The summed E-state index contributed by atoms with van der Waals surface area (Å²) in [6, 6.07) is 0.832. The smallest absolute Gasteiger partial charge is 0.303 e. The van der Waals surface area contributed by atoms with Crippen molar-refractivity contribution < 1.29 is 23.8 Å². The molecule has 1 fully saturated rings. The largest absolute Gasteiger partial charge is 0.506 e. The molecule has 1 aromatic rings. The Bertz CT molecular complexity index is 474. The molecule has 6 heteroatoms. The number of benzene rings is 1. The van der Waals surface area contributed by atoms with E-state index in [9.17, 15) is 18.7 Å². The van der Waals surface area contributed by atoms with Crippen LogP contribution in [0.4, 0.5) is 8.78 Å². The molecule has 2 rings (SSSR count). The zero-order valence-electron chi connectivity index (χ0n) is 9.29. The Morgan fingerprint density at radius 2 is 2.11 bits per heavy atom. The molecule has 3 nitrogen and oxygen atoms in total. The van der Waals surface area contributed by atoms with Crippen LogP contribution in [0.15, 0.2) is 10.5 Å². The Morgan fingerprint density at radius 3 is 2.61 bits per heavy atom. The van der Waals surface area contributed by atoms with Gasteiger partial charge in [0.25, 0.3) is 0 Å². The van der Waals surface area contributed by atoms with Crippen LogP contribution in [0.2, 0.25) is 0 Å². The number of phenolic OH excluding ortho intramolecular Hbond substituents is 1. The van der Waals surface area contributed by atoms with Crippen LogP contribution in [0, 0.1) is 17.6 Å². The lowest BCUT2D eigenvalue weighted by Gasteiger charge is -2.18. The molecule has 1 saturated carbocycles. The van der Waals surface area contributed by atoms with Gasteiger partial charge in [0.2, 0.25) is 0 Å². The highest BCUT2D eigenvalue weighted by molar-refractivity contribution is 9.10. The van der Waals surface area contributed by atoms with Gasteiger partial charge in [0, 0.05) is 11.5 Å². The molecule has 1 aliphatic carbocycles. The highest BCUT2D eigenvalue weighted by Crippen LogP contribution is 2.49. The first-order valence-electron chi connectivity index (χ1n) is 5.50. The van der Waals surface area contributed by atoms with E-state index in [1.165, 1.54) is 0 Å². The van der Waals surface area contributed by atoms with Gasteiger partial charge in [0.1, 0.15) is 5.75 Å². The van der Waals surface area contributed by atoms with Crippen molar-refractivity contribution in [1.82, 2.24) is 0 Å². The van der Waals surface area contributed by atoms with Crippen LogP contribution >= 0.6 is 15.9 Å². The predicted octanol–water partition coefficient (Wildman–Crippen LogP) is 3.40. The topological polar surface area (TPSA) is 57.5 Å². The molecule has 0 bridgehead atoms. The number of hydrogen-bond acceptors (Lipinski definition) is 2. The van der Waals surface area contributed by atoms with E-state index in [1.807, 2.05) is 0 Å². The van der Waals surface area contributed by atoms with Gasteiger partial charge in [-0.2, -0.15) is 0 Å². The standard InChI is InChI=1S/C12H11BrF2O3/c13-7-4-8(14)11(15)10(12(7)18)6(3-9(16)17)5-1-2-5/h4-6,18H,1-3H2,(H,16,17). The molecule has 1 aromatic carbocycles. The van der Waals surface area contributed by atoms with Crippen molar-refractivity contribution in [2.24, 2.45) is 5.92 Å². The summed E-state index contributed by atoms with van der Waals surface area (Å²) in [4.78, 5) is 10.8. The summed E-state index contributed by atoms with van der Waals surface area (Å²) < 4.78 is 27.2. The number of aromatic hydroxyl groups is 1. The molecule has 0 heterocycles. The number of carbonyl (C=O) groups is 1. The molecule has 0 spiro atoms. The van der Waals surface area contributed by atoms with Crippen molar-refractivity contribution in [3.8, 4) is 5.75 Å². The first kappa shape index (κ1) is 13.3. The molecular weight excluding hydrogens is 310 g/mol. The quantitative estimate of drug-likeness (QED) is 0.836. The Hall–Kier alpha value is -1.17. The maximum atomic E-state index is 13.8. The molecule has 1 unspecified atom stereocenters. The number of halogens is 3. The monoisotopic (exact) mass is 320 g/mol. The second-order valence-corrected chi connectivity index (χ2v) is 5.31. The molecule has 18 heavy (non-hydrogen) atoms. The third kappa shape index (κ3) is 2.48. The number of carboxylic acid groups (broad SMARTS) is 1. The Kier molecular flexibility index (Phi) is 3.56. The second kappa shape index (κ2) is 4.84. The Balaban J connectivity index is 2.49. The van der Waals surface area contributed by atoms with E-state index in [1.54, 1.807) is 0 Å². The first-order valence-corrected chi connectivity index (χ1v) is 6.29. The van der Waals surface area contributed by atoms with Crippen molar-refractivity contribution in [1.29, 1.82) is 0 Å². The molecule has 2 N–H and O–H groups in total. The number of hydrogen-bond donors (Lipinski definition) is 2. The molecular formula is C12H11BrF2O3. The van der Waals surface area contributed by atoms with Crippen LogP contribution in [0.3, 0.4) is 0 Å². The summed E-state index contributed by atoms with van der Waals surface area (Å²) in [5.41, 5.74) is -0.230. The van der Waals surface area contributed by atoms with Crippen LogP contribution in [-0.2, 0) is 4.79 Å². The lowest BCUT2D eigenvalue weighted by atomic mass is 9.89. The van der Waals surface area contributed by atoms with Gasteiger partial charge in [-0.15, -0.1) is 0 Å². The fourth-order valence-corrected chi connectivity index (χ4v) is 2.55. The van der Waals surface area contributed by atoms with E-state index in [4.69, 9.17) is 5.11 Å².